The molecule has 0 bridgehead atoms. The molecule has 1 unspecified atom stereocenters. The first kappa shape index (κ1) is 10.8. The average Bonchev–Trinajstić information content (AvgIpc) is 2.83. The molecule has 0 spiro atoms. The van der Waals surface area contributed by atoms with Gasteiger partial charge in [0.25, 0.3) is 0 Å². The van der Waals surface area contributed by atoms with Crippen LogP contribution in [0.2, 0.25) is 0 Å². The van der Waals surface area contributed by atoms with Gasteiger partial charge in [-0.2, -0.15) is 5.26 Å². The first-order valence-corrected chi connectivity index (χ1v) is 5.98. The van der Waals surface area contributed by atoms with Crippen LogP contribution < -0.4 is 4.74 Å². The largest absolute Gasteiger partial charge is 0.469 e. The van der Waals surface area contributed by atoms with E-state index in [1.807, 2.05) is 12.1 Å². The SMILES string of the molecule is N#Cc1cccnc1OC1CCc2ccccc21. The Morgan fingerprint density at radius 2 is 2.11 bits per heavy atom. The molecule has 0 amide bonds. The predicted octanol–water partition coefficient (Wildman–Crippen LogP) is 3.02. The number of ether oxygens (including phenoxy) is 1. The molecule has 0 saturated heterocycles. The zero-order valence-corrected chi connectivity index (χ0v) is 9.84. The molecule has 1 heterocycles. The van der Waals surface area contributed by atoms with E-state index in [4.69, 9.17) is 10.00 Å². The summed E-state index contributed by atoms with van der Waals surface area (Å²) in [4.78, 5) is 4.14. The molecule has 3 nitrogen and oxygen atoms in total. The summed E-state index contributed by atoms with van der Waals surface area (Å²) in [5, 5.41) is 9.02. The second-order valence-corrected chi connectivity index (χ2v) is 4.31. The van der Waals surface area contributed by atoms with Crippen molar-refractivity contribution < 1.29 is 4.74 Å². The van der Waals surface area contributed by atoms with Crippen LogP contribution in [0.1, 0.15) is 29.2 Å². The standard InChI is InChI=1S/C15H12N2O/c16-10-12-5-3-9-17-15(12)18-14-8-7-11-4-1-2-6-13(11)14/h1-6,9,14H,7-8H2. The maximum absolute atomic E-state index is 9.02. The lowest BCUT2D eigenvalue weighted by Crippen LogP contribution is -2.05. The van der Waals surface area contributed by atoms with Crippen molar-refractivity contribution in [2.24, 2.45) is 0 Å². The van der Waals surface area contributed by atoms with E-state index in [1.54, 1.807) is 18.3 Å². The fourth-order valence-electron chi connectivity index (χ4n) is 2.35. The lowest BCUT2D eigenvalue weighted by molar-refractivity contribution is 0.198. The molecule has 1 aromatic heterocycles. The fraction of sp³-hybridized carbons (Fsp3) is 0.200. The van der Waals surface area contributed by atoms with Crippen molar-refractivity contribution in [3.05, 3.63) is 59.3 Å². The number of nitrogens with zero attached hydrogens (tertiary/aromatic N) is 2. The van der Waals surface area contributed by atoms with Crippen molar-refractivity contribution in [1.29, 1.82) is 5.26 Å². The Morgan fingerprint density at radius 1 is 1.22 bits per heavy atom. The molecule has 0 fully saturated rings. The Labute approximate surface area is 106 Å². The van der Waals surface area contributed by atoms with Gasteiger partial charge >= 0.3 is 0 Å². The van der Waals surface area contributed by atoms with Crippen molar-refractivity contribution >= 4 is 0 Å². The highest BCUT2D eigenvalue weighted by Gasteiger charge is 2.24. The van der Waals surface area contributed by atoms with Crippen LogP contribution in [0.3, 0.4) is 0 Å². The molecule has 0 radical (unpaired) electrons. The van der Waals surface area contributed by atoms with E-state index in [0.29, 0.717) is 11.4 Å². The molecular weight excluding hydrogens is 224 g/mol. The zero-order valence-electron chi connectivity index (χ0n) is 9.84. The van der Waals surface area contributed by atoms with Crippen LogP contribution in [0.15, 0.2) is 42.6 Å². The van der Waals surface area contributed by atoms with Crippen LogP contribution in [0.25, 0.3) is 0 Å². The highest BCUT2D eigenvalue weighted by molar-refractivity contribution is 5.39. The average molecular weight is 236 g/mol. The van der Waals surface area contributed by atoms with E-state index in [0.717, 1.165) is 12.8 Å². The Morgan fingerprint density at radius 3 is 3.00 bits per heavy atom. The quantitative estimate of drug-likeness (QED) is 0.805. The van der Waals surface area contributed by atoms with Gasteiger partial charge in [0.1, 0.15) is 17.7 Å². The van der Waals surface area contributed by atoms with Crippen LogP contribution in [0.4, 0.5) is 0 Å². The smallest absolute Gasteiger partial charge is 0.232 e. The van der Waals surface area contributed by atoms with Crippen molar-refractivity contribution in [2.45, 2.75) is 18.9 Å². The van der Waals surface area contributed by atoms with Gasteiger partial charge in [-0.1, -0.05) is 24.3 Å². The van der Waals surface area contributed by atoms with E-state index < -0.39 is 0 Å². The van der Waals surface area contributed by atoms with Crippen LogP contribution in [0.5, 0.6) is 5.88 Å². The van der Waals surface area contributed by atoms with E-state index in [2.05, 4.69) is 23.2 Å². The number of rotatable bonds is 2. The molecule has 1 aliphatic carbocycles. The highest BCUT2D eigenvalue weighted by atomic mass is 16.5. The molecule has 1 aliphatic rings. The van der Waals surface area contributed by atoms with Gasteiger partial charge in [0.05, 0.1) is 0 Å². The number of benzene rings is 1. The molecule has 0 N–H and O–H groups in total. The first-order valence-electron chi connectivity index (χ1n) is 5.98. The number of fused-ring (bicyclic) bond motifs is 1. The van der Waals surface area contributed by atoms with Crippen LogP contribution in [-0.4, -0.2) is 4.98 Å². The van der Waals surface area contributed by atoms with Gasteiger partial charge < -0.3 is 4.74 Å². The summed E-state index contributed by atoms with van der Waals surface area (Å²) in [5.74, 6) is 0.432. The number of hydrogen-bond acceptors (Lipinski definition) is 3. The summed E-state index contributed by atoms with van der Waals surface area (Å²) < 4.78 is 5.89. The van der Waals surface area contributed by atoms with Crippen LogP contribution in [0, 0.1) is 11.3 Å². The van der Waals surface area contributed by atoms with E-state index >= 15 is 0 Å². The van der Waals surface area contributed by atoms with Crippen molar-refractivity contribution in [2.75, 3.05) is 0 Å². The van der Waals surface area contributed by atoms with Gasteiger partial charge in [-0.15, -0.1) is 0 Å². The summed E-state index contributed by atoms with van der Waals surface area (Å²) in [6.45, 7) is 0. The van der Waals surface area contributed by atoms with Gasteiger partial charge in [0.15, 0.2) is 0 Å². The van der Waals surface area contributed by atoms with Gasteiger partial charge in [-0.05, 0) is 36.1 Å². The van der Waals surface area contributed by atoms with Crippen LogP contribution >= 0.6 is 0 Å². The lowest BCUT2D eigenvalue weighted by atomic mass is 10.1. The molecule has 0 saturated carbocycles. The maximum atomic E-state index is 9.02. The summed E-state index contributed by atoms with van der Waals surface area (Å²) in [7, 11) is 0. The Kier molecular flexibility index (Phi) is 2.70. The third kappa shape index (κ3) is 1.82. The lowest BCUT2D eigenvalue weighted by Gasteiger charge is -2.14. The molecule has 3 heteroatoms. The topological polar surface area (TPSA) is 45.9 Å². The molecule has 0 aliphatic heterocycles. The molecule has 1 atom stereocenters. The minimum atomic E-state index is 0.0169. The predicted molar refractivity (Wildman–Crippen MR) is 67.1 cm³/mol. The van der Waals surface area contributed by atoms with Gasteiger partial charge in [0, 0.05) is 6.20 Å². The molecular formula is C15H12N2O. The minimum Gasteiger partial charge on any atom is -0.469 e. The normalized spacial score (nSPS) is 16.9. The van der Waals surface area contributed by atoms with Crippen molar-refractivity contribution in [3.63, 3.8) is 0 Å². The Hall–Kier alpha value is -2.34. The number of aryl methyl sites for hydroxylation is 1. The van der Waals surface area contributed by atoms with Crippen molar-refractivity contribution in [3.8, 4) is 11.9 Å². The zero-order chi connectivity index (χ0) is 12.4. The minimum absolute atomic E-state index is 0.0169. The first-order chi connectivity index (χ1) is 8.88. The van der Waals surface area contributed by atoms with Crippen LogP contribution in [-0.2, 0) is 6.42 Å². The summed E-state index contributed by atoms with van der Waals surface area (Å²) in [6.07, 6.45) is 3.64. The van der Waals surface area contributed by atoms with E-state index in [9.17, 15) is 0 Å². The fourth-order valence-corrected chi connectivity index (χ4v) is 2.35. The second-order valence-electron chi connectivity index (χ2n) is 4.31. The second kappa shape index (κ2) is 4.50. The van der Waals surface area contributed by atoms with Gasteiger partial charge in [-0.3, -0.25) is 0 Å². The van der Waals surface area contributed by atoms with Gasteiger partial charge in [-0.25, -0.2) is 4.98 Å². The number of nitriles is 1. The summed E-state index contributed by atoms with van der Waals surface area (Å²) >= 11 is 0. The maximum Gasteiger partial charge on any atom is 0.232 e. The number of hydrogen-bond donors (Lipinski definition) is 0. The van der Waals surface area contributed by atoms with Gasteiger partial charge in [0.2, 0.25) is 5.88 Å². The third-order valence-corrected chi connectivity index (χ3v) is 3.22. The van der Waals surface area contributed by atoms with E-state index in [-0.39, 0.29) is 6.10 Å². The molecule has 88 valence electrons. The van der Waals surface area contributed by atoms with E-state index in [1.165, 1.54) is 11.1 Å². The number of pyridine rings is 1. The van der Waals surface area contributed by atoms with Crippen molar-refractivity contribution in [1.82, 2.24) is 4.98 Å². The molecule has 18 heavy (non-hydrogen) atoms. The summed E-state index contributed by atoms with van der Waals surface area (Å²) in [5.41, 5.74) is 3.03. The molecule has 1 aromatic carbocycles. The Bertz CT molecular complexity index is 616. The molecule has 3 rings (SSSR count). The monoisotopic (exact) mass is 236 g/mol. The third-order valence-electron chi connectivity index (χ3n) is 3.22. The Balaban J connectivity index is 1.89. The summed E-state index contributed by atoms with van der Waals surface area (Å²) in [6, 6.07) is 13.9. The highest BCUT2D eigenvalue weighted by Crippen LogP contribution is 2.34. The number of aromatic nitrogens is 1. The molecule has 2 aromatic rings.